The lowest BCUT2D eigenvalue weighted by Gasteiger charge is -2.32. The zero-order chi connectivity index (χ0) is 53.9. The van der Waals surface area contributed by atoms with Gasteiger partial charge in [-0.05, 0) is 170 Å². The standard InChI is InChI=1S/C35H45NO3Si2.C28H39NO2Si2/c1-8-26-40(27-9-2,38-12-5)34-22-16-31(17-23-34)36(30-14-20-33(37-7)21-15-30)32-18-24-35(25-19-32)41(28-10-3,29-11-4)39-13-6;1-7-21-32(22-8-2,30-11-5)27-17-13-25(14-18-27)29-26-15-19-28(20-16-26)33(23-9-3,24-10-4)31-12-6/h8-11,14-25H,1-4,12-13,26-29H2,5-7H3;7-10,13-20,29H,1-4,11-12,21-24H2,5-6H3. The van der Waals surface area contributed by atoms with Crippen molar-refractivity contribution in [3.63, 3.8) is 0 Å². The van der Waals surface area contributed by atoms with E-state index in [1.54, 1.807) is 7.11 Å². The Morgan fingerprint density at radius 2 is 0.568 bits per heavy atom. The van der Waals surface area contributed by atoms with E-state index in [0.29, 0.717) is 26.4 Å². The van der Waals surface area contributed by atoms with Crippen LogP contribution in [0.5, 0.6) is 5.75 Å². The van der Waals surface area contributed by atoms with Gasteiger partial charge in [-0.25, -0.2) is 0 Å². The molecule has 0 saturated carbocycles. The van der Waals surface area contributed by atoms with Crippen molar-refractivity contribution in [3.05, 3.63) is 223 Å². The van der Waals surface area contributed by atoms with Gasteiger partial charge in [0.05, 0.1) is 7.11 Å². The van der Waals surface area contributed by atoms with E-state index >= 15 is 0 Å². The first-order valence-electron chi connectivity index (χ1n) is 26.1. The fourth-order valence-electron chi connectivity index (χ4n) is 9.94. The zero-order valence-corrected chi connectivity index (χ0v) is 49.3. The number of methoxy groups -OCH3 is 1. The third-order valence-electron chi connectivity index (χ3n) is 13.2. The predicted octanol–water partition coefficient (Wildman–Crippen LogP) is 14.8. The average molecular weight is 1060 g/mol. The van der Waals surface area contributed by atoms with Crippen LogP contribution in [-0.4, -0.2) is 66.8 Å². The number of hydrogen-bond acceptors (Lipinski definition) is 7. The van der Waals surface area contributed by atoms with Gasteiger partial charge in [-0.15, -0.1) is 52.6 Å². The molecule has 0 fully saturated rings. The Bertz CT molecular complexity index is 2330. The molecule has 0 unspecified atom stereocenters. The largest absolute Gasteiger partial charge is 0.497 e. The molecule has 5 aromatic rings. The van der Waals surface area contributed by atoms with Crippen molar-refractivity contribution < 1.29 is 22.4 Å². The Morgan fingerprint density at radius 3 is 0.770 bits per heavy atom. The molecule has 5 aromatic carbocycles. The monoisotopic (exact) mass is 1060 g/mol. The van der Waals surface area contributed by atoms with E-state index in [4.69, 9.17) is 22.4 Å². The maximum Gasteiger partial charge on any atom is 0.231 e. The highest BCUT2D eigenvalue weighted by Crippen LogP contribution is 2.36. The maximum absolute atomic E-state index is 6.44. The summed E-state index contributed by atoms with van der Waals surface area (Å²) in [5.74, 6) is 0.821. The summed E-state index contributed by atoms with van der Waals surface area (Å²) >= 11 is 0. The Morgan fingerprint density at radius 1 is 0.351 bits per heavy atom. The molecular weight excluding hydrogens is 977 g/mol. The van der Waals surface area contributed by atoms with Crippen molar-refractivity contribution >= 4 is 82.5 Å². The van der Waals surface area contributed by atoms with Crippen molar-refractivity contribution in [2.75, 3.05) is 43.8 Å². The molecule has 0 saturated heterocycles. The summed E-state index contributed by atoms with van der Waals surface area (Å²) in [4.78, 5) is 2.27. The molecule has 0 aromatic heterocycles. The third-order valence-corrected chi connectivity index (χ3v) is 29.7. The van der Waals surface area contributed by atoms with Crippen LogP contribution in [0.2, 0.25) is 48.4 Å². The molecule has 5 rings (SSSR count). The molecule has 0 amide bonds. The van der Waals surface area contributed by atoms with Crippen molar-refractivity contribution in [3.8, 4) is 5.75 Å². The average Bonchev–Trinajstić information content (AvgIpc) is 3.41. The van der Waals surface area contributed by atoms with Gasteiger partial charge < -0.3 is 32.7 Å². The number of nitrogens with one attached hydrogen (secondary N) is 1. The lowest BCUT2D eigenvalue weighted by atomic mass is 10.2. The molecule has 7 nitrogen and oxygen atoms in total. The number of allylic oxidation sites excluding steroid dienone is 8. The van der Waals surface area contributed by atoms with Crippen molar-refractivity contribution in [2.24, 2.45) is 0 Å². The van der Waals surface area contributed by atoms with Gasteiger partial charge in [0.2, 0.25) is 33.3 Å². The van der Waals surface area contributed by atoms with E-state index in [0.717, 1.165) is 82.5 Å². The number of benzene rings is 5. The Labute approximate surface area is 450 Å². The van der Waals surface area contributed by atoms with E-state index in [-0.39, 0.29) is 0 Å². The second-order valence-electron chi connectivity index (χ2n) is 18.1. The SMILES string of the molecule is C=CC[Si](CC=C)(OCC)c1ccc(N(c2ccc(OC)cc2)c2ccc([Si](CC=C)(CC=C)OCC)cc2)cc1.C=CC[Si](CC=C)(OCC)c1ccc(Nc2ccc([Si](CC=C)(CC=C)OCC)cc2)cc1. The van der Waals surface area contributed by atoms with Crippen LogP contribution in [0, 0.1) is 0 Å². The first kappa shape index (κ1) is 60.7. The summed E-state index contributed by atoms with van der Waals surface area (Å²) in [6, 6.07) is 49.9. The highest BCUT2D eigenvalue weighted by molar-refractivity contribution is 6.88. The van der Waals surface area contributed by atoms with Crippen LogP contribution in [0.3, 0.4) is 0 Å². The number of hydrogen-bond donors (Lipinski definition) is 1. The van der Waals surface area contributed by atoms with Gasteiger partial charge in [-0.1, -0.05) is 97.1 Å². The molecule has 1 N–H and O–H groups in total. The molecule has 0 aliphatic heterocycles. The minimum atomic E-state index is -2.25. The van der Waals surface area contributed by atoms with E-state index in [2.05, 4.69) is 200 Å². The van der Waals surface area contributed by atoms with Crippen LogP contribution >= 0.6 is 0 Å². The summed E-state index contributed by atoms with van der Waals surface area (Å²) in [5.41, 5.74) is 5.27. The van der Waals surface area contributed by atoms with Gasteiger partial charge in [0, 0.05) is 54.9 Å². The molecule has 0 aliphatic carbocycles. The fraction of sp³-hybridized carbons (Fsp3) is 0.270. The summed E-state index contributed by atoms with van der Waals surface area (Å²) in [6.45, 7) is 42.9. The van der Waals surface area contributed by atoms with E-state index in [9.17, 15) is 0 Å². The van der Waals surface area contributed by atoms with Crippen molar-refractivity contribution in [1.82, 2.24) is 0 Å². The van der Waals surface area contributed by atoms with Gasteiger partial charge in [0.1, 0.15) is 5.75 Å². The molecule has 0 radical (unpaired) electrons. The molecule has 392 valence electrons. The summed E-state index contributed by atoms with van der Waals surface area (Å²) in [6.07, 6.45) is 15.8. The first-order valence-corrected chi connectivity index (χ1v) is 35.3. The number of ether oxygens (including phenoxy) is 1. The maximum atomic E-state index is 6.44. The van der Waals surface area contributed by atoms with Gasteiger partial charge in [0.15, 0.2) is 0 Å². The highest BCUT2D eigenvalue weighted by atomic mass is 28.4. The number of nitrogens with zero attached hydrogens (tertiary/aromatic N) is 1. The Hall–Kier alpha value is -5.87. The van der Waals surface area contributed by atoms with Crippen LogP contribution in [0.25, 0.3) is 0 Å². The predicted molar refractivity (Wildman–Crippen MR) is 332 cm³/mol. The van der Waals surface area contributed by atoms with Crippen LogP contribution in [-0.2, 0) is 17.7 Å². The molecule has 74 heavy (non-hydrogen) atoms. The number of anilines is 5. The molecule has 0 bridgehead atoms. The second kappa shape index (κ2) is 31.1. The van der Waals surface area contributed by atoms with Crippen molar-refractivity contribution in [1.29, 1.82) is 0 Å². The van der Waals surface area contributed by atoms with Gasteiger partial charge in [0.25, 0.3) is 0 Å². The van der Waals surface area contributed by atoms with E-state index in [1.807, 2.05) is 60.7 Å². The van der Waals surface area contributed by atoms with Crippen LogP contribution in [0.4, 0.5) is 28.4 Å². The topological polar surface area (TPSA) is 61.4 Å². The fourth-order valence-corrected chi connectivity index (χ4v) is 23.1. The third kappa shape index (κ3) is 15.6. The van der Waals surface area contributed by atoms with E-state index in [1.165, 1.54) is 20.7 Å². The van der Waals surface area contributed by atoms with Crippen LogP contribution < -0.4 is 35.7 Å². The van der Waals surface area contributed by atoms with Gasteiger partial charge in [-0.2, -0.15) is 0 Å². The minimum Gasteiger partial charge on any atom is -0.497 e. The smallest absolute Gasteiger partial charge is 0.231 e. The lowest BCUT2D eigenvalue weighted by Crippen LogP contribution is -2.50. The Kier molecular flexibility index (Phi) is 25.5. The van der Waals surface area contributed by atoms with Gasteiger partial charge >= 0.3 is 0 Å². The molecule has 0 atom stereocenters. The zero-order valence-electron chi connectivity index (χ0n) is 45.3. The van der Waals surface area contributed by atoms with Gasteiger partial charge in [-0.3, -0.25) is 0 Å². The van der Waals surface area contributed by atoms with Crippen LogP contribution in [0.1, 0.15) is 27.7 Å². The van der Waals surface area contributed by atoms with Crippen LogP contribution in [0.15, 0.2) is 223 Å². The molecule has 11 heteroatoms. The molecular formula is C63H84N2O5Si4. The molecule has 0 heterocycles. The molecule has 0 aliphatic rings. The summed E-state index contributed by atoms with van der Waals surface area (Å²) < 4.78 is 30.9. The lowest BCUT2D eigenvalue weighted by molar-refractivity contribution is 0.333. The summed E-state index contributed by atoms with van der Waals surface area (Å²) in [7, 11) is -7.07. The normalized spacial score (nSPS) is 11.5. The highest BCUT2D eigenvalue weighted by Gasteiger charge is 2.38. The Balaban J connectivity index is 0.000000328. The minimum absolute atomic E-state index is 0.671. The molecule has 0 spiro atoms. The second-order valence-corrected chi connectivity index (χ2v) is 32.7. The van der Waals surface area contributed by atoms with E-state index < -0.39 is 33.3 Å². The number of rotatable bonds is 34. The summed E-state index contributed by atoms with van der Waals surface area (Å²) in [5, 5.41) is 8.55. The van der Waals surface area contributed by atoms with Crippen molar-refractivity contribution in [2.45, 2.75) is 76.0 Å². The first-order chi connectivity index (χ1) is 36.0. The quantitative estimate of drug-likeness (QED) is 0.0325.